The smallest absolute Gasteiger partial charge is 0.213 e. The van der Waals surface area contributed by atoms with Gasteiger partial charge in [0.15, 0.2) is 0 Å². The van der Waals surface area contributed by atoms with Crippen LogP contribution >= 0.6 is 0 Å². The molecule has 5 N–H and O–H groups in total. The van der Waals surface area contributed by atoms with Gasteiger partial charge in [0, 0.05) is 5.69 Å². The second-order valence-electron chi connectivity index (χ2n) is 3.95. The van der Waals surface area contributed by atoms with Gasteiger partial charge >= 0.3 is 0 Å². The van der Waals surface area contributed by atoms with Gasteiger partial charge in [-0.3, -0.25) is 0 Å². The summed E-state index contributed by atoms with van der Waals surface area (Å²) in [5, 5.41) is 3.18. The van der Waals surface area contributed by atoms with E-state index in [1.165, 1.54) is 0 Å². The van der Waals surface area contributed by atoms with Crippen LogP contribution in [-0.4, -0.2) is 4.98 Å². The lowest BCUT2D eigenvalue weighted by Crippen LogP contribution is -2.01. The lowest BCUT2D eigenvalue weighted by molar-refractivity contribution is 0.478. The van der Waals surface area contributed by atoms with Gasteiger partial charge in [0.25, 0.3) is 0 Å². The van der Waals surface area contributed by atoms with Crippen LogP contribution in [0.5, 0.6) is 0 Å². The summed E-state index contributed by atoms with van der Waals surface area (Å²) in [4.78, 5) is 4.28. The maximum Gasteiger partial charge on any atom is 0.213 e. The monoisotopic (exact) mass is 232 g/mol. The third-order valence-electron chi connectivity index (χ3n) is 2.60. The number of aryl methyl sites for hydroxylation is 2. The Kier molecular flexibility index (Phi) is 2.91. The predicted octanol–water partition coefficient (Wildman–Crippen LogP) is 2.07. The lowest BCUT2D eigenvalue weighted by atomic mass is 10.2. The molecule has 0 radical (unpaired) electrons. The summed E-state index contributed by atoms with van der Waals surface area (Å²) >= 11 is 0. The van der Waals surface area contributed by atoms with Crippen LogP contribution < -0.4 is 16.8 Å². The molecule has 0 atom stereocenters. The standard InChI is InChI=1S/C12H16N4O/c1-7-8(2)17-12(16-7)6-15-9-3-4-10(13)11(14)5-9/h3-5,15H,6,13-14H2,1-2H3. The van der Waals surface area contributed by atoms with Gasteiger partial charge < -0.3 is 21.2 Å². The molecule has 0 saturated carbocycles. The molecule has 2 aromatic rings. The quantitative estimate of drug-likeness (QED) is 0.705. The number of nitrogens with two attached hydrogens (primary N) is 2. The zero-order valence-electron chi connectivity index (χ0n) is 9.95. The van der Waals surface area contributed by atoms with E-state index in [0.29, 0.717) is 23.8 Å². The van der Waals surface area contributed by atoms with Crippen molar-refractivity contribution in [3.8, 4) is 0 Å². The van der Waals surface area contributed by atoms with Crippen molar-refractivity contribution in [2.24, 2.45) is 0 Å². The lowest BCUT2D eigenvalue weighted by Gasteiger charge is -2.06. The van der Waals surface area contributed by atoms with Crippen molar-refractivity contribution in [3.63, 3.8) is 0 Å². The summed E-state index contributed by atoms with van der Waals surface area (Å²) in [5.41, 5.74) is 14.3. The number of nitrogen functional groups attached to an aromatic ring is 2. The molecule has 5 heteroatoms. The molecule has 0 aliphatic carbocycles. The Morgan fingerprint density at radius 1 is 1.24 bits per heavy atom. The fourth-order valence-corrected chi connectivity index (χ4v) is 1.48. The first-order valence-corrected chi connectivity index (χ1v) is 5.38. The maximum absolute atomic E-state index is 5.71. The van der Waals surface area contributed by atoms with E-state index < -0.39 is 0 Å². The van der Waals surface area contributed by atoms with E-state index in [1.54, 1.807) is 12.1 Å². The van der Waals surface area contributed by atoms with E-state index in [2.05, 4.69) is 10.3 Å². The molecule has 0 aliphatic rings. The summed E-state index contributed by atoms with van der Waals surface area (Å²) in [6.45, 7) is 4.34. The summed E-state index contributed by atoms with van der Waals surface area (Å²) in [6, 6.07) is 5.43. The molecule has 0 unspecified atom stereocenters. The number of rotatable bonds is 3. The average molecular weight is 232 g/mol. The molecule has 0 fully saturated rings. The Labute approximate surface area is 99.8 Å². The molecule has 0 saturated heterocycles. The molecule has 1 aromatic heterocycles. The predicted molar refractivity (Wildman–Crippen MR) is 68.6 cm³/mol. The number of oxazole rings is 1. The Bertz CT molecular complexity index is 514. The molecule has 0 bridgehead atoms. The molecular weight excluding hydrogens is 216 g/mol. The summed E-state index contributed by atoms with van der Waals surface area (Å²) in [5.74, 6) is 1.51. The minimum atomic E-state index is 0.526. The van der Waals surface area contributed by atoms with Crippen LogP contribution in [0.2, 0.25) is 0 Å². The van der Waals surface area contributed by atoms with Crippen LogP contribution in [0.15, 0.2) is 22.6 Å². The van der Waals surface area contributed by atoms with E-state index >= 15 is 0 Å². The van der Waals surface area contributed by atoms with Gasteiger partial charge in [0.2, 0.25) is 5.89 Å². The number of nitrogens with zero attached hydrogens (tertiary/aromatic N) is 1. The molecule has 2 rings (SSSR count). The van der Waals surface area contributed by atoms with Crippen LogP contribution in [0, 0.1) is 13.8 Å². The molecule has 1 aromatic carbocycles. The van der Waals surface area contributed by atoms with Gasteiger partial charge in [0.1, 0.15) is 5.76 Å². The summed E-state index contributed by atoms with van der Waals surface area (Å²) in [6.07, 6.45) is 0. The van der Waals surface area contributed by atoms with Gasteiger partial charge in [-0.1, -0.05) is 0 Å². The highest BCUT2D eigenvalue weighted by Gasteiger charge is 2.05. The minimum absolute atomic E-state index is 0.526. The van der Waals surface area contributed by atoms with Crippen LogP contribution in [0.3, 0.4) is 0 Å². The Hall–Kier alpha value is -2.17. The largest absolute Gasteiger partial charge is 0.444 e. The highest BCUT2D eigenvalue weighted by atomic mass is 16.4. The van der Waals surface area contributed by atoms with E-state index in [-0.39, 0.29) is 0 Å². The molecule has 0 amide bonds. The summed E-state index contributed by atoms with van der Waals surface area (Å²) in [7, 11) is 0. The van der Waals surface area contributed by atoms with Gasteiger partial charge in [0.05, 0.1) is 23.6 Å². The van der Waals surface area contributed by atoms with Crippen molar-refractivity contribution < 1.29 is 4.42 Å². The molecular formula is C12H16N4O. The van der Waals surface area contributed by atoms with Crippen LogP contribution in [0.25, 0.3) is 0 Å². The van der Waals surface area contributed by atoms with Gasteiger partial charge in [-0.25, -0.2) is 4.98 Å². The van der Waals surface area contributed by atoms with Crippen LogP contribution in [0.4, 0.5) is 17.1 Å². The normalized spacial score (nSPS) is 10.5. The van der Waals surface area contributed by atoms with Crippen molar-refractivity contribution in [2.45, 2.75) is 20.4 Å². The minimum Gasteiger partial charge on any atom is -0.444 e. The van der Waals surface area contributed by atoms with Crippen molar-refractivity contribution in [1.82, 2.24) is 4.98 Å². The second kappa shape index (κ2) is 4.37. The van der Waals surface area contributed by atoms with E-state index in [0.717, 1.165) is 17.1 Å². The Balaban J connectivity index is 2.04. The average Bonchev–Trinajstić information content (AvgIpc) is 2.60. The second-order valence-corrected chi connectivity index (χ2v) is 3.95. The first-order chi connectivity index (χ1) is 8.06. The van der Waals surface area contributed by atoms with Gasteiger partial charge in [-0.15, -0.1) is 0 Å². The van der Waals surface area contributed by atoms with Crippen LogP contribution in [0.1, 0.15) is 17.3 Å². The number of nitrogens with one attached hydrogen (secondary N) is 1. The number of anilines is 3. The zero-order valence-corrected chi connectivity index (χ0v) is 9.95. The van der Waals surface area contributed by atoms with Gasteiger partial charge in [-0.05, 0) is 32.0 Å². The first kappa shape index (κ1) is 11.3. The van der Waals surface area contributed by atoms with Crippen LogP contribution in [-0.2, 0) is 6.54 Å². The third kappa shape index (κ3) is 2.50. The molecule has 0 spiro atoms. The molecule has 1 heterocycles. The van der Waals surface area contributed by atoms with E-state index in [9.17, 15) is 0 Å². The van der Waals surface area contributed by atoms with Crippen molar-refractivity contribution >= 4 is 17.1 Å². The van der Waals surface area contributed by atoms with Crippen molar-refractivity contribution in [1.29, 1.82) is 0 Å². The number of hydrogen-bond acceptors (Lipinski definition) is 5. The zero-order chi connectivity index (χ0) is 12.4. The highest BCUT2D eigenvalue weighted by Crippen LogP contribution is 2.20. The SMILES string of the molecule is Cc1nc(CNc2ccc(N)c(N)c2)oc1C. The van der Waals surface area contributed by atoms with Crippen molar-refractivity contribution in [2.75, 3.05) is 16.8 Å². The Morgan fingerprint density at radius 3 is 2.59 bits per heavy atom. The van der Waals surface area contributed by atoms with E-state index in [1.807, 2.05) is 19.9 Å². The number of hydrogen-bond donors (Lipinski definition) is 3. The Morgan fingerprint density at radius 2 is 2.00 bits per heavy atom. The summed E-state index contributed by atoms with van der Waals surface area (Å²) < 4.78 is 5.46. The topological polar surface area (TPSA) is 90.1 Å². The number of benzene rings is 1. The fourth-order valence-electron chi connectivity index (χ4n) is 1.48. The molecule has 90 valence electrons. The fraction of sp³-hybridized carbons (Fsp3) is 0.250. The molecule has 5 nitrogen and oxygen atoms in total. The number of aromatic nitrogens is 1. The highest BCUT2D eigenvalue weighted by molar-refractivity contribution is 5.69. The third-order valence-corrected chi connectivity index (χ3v) is 2.60. The molecule has 0 aliphatic heterocycles. The molecule has 17 heavy (non-hydrogen) atoms. The van der Waals surface area contributed by atoms with E-state index in [4.69, 9.17) is 15.9 Å². The van der Waals surface area contributed by atoms with Crippen molar-refractivity contribution in [3.05, 3.63) is 35.5 Å². The van der Waals surface area contributed by atoms with Gasteiger partial charge in [-0.2, -0.15) is 0 Å². The maximum atomic E-state index is 5.71. The first-order valence-electron chi connectivity index (χ1n) is 5.38.